The third-order valence-corrected chi connectivity index (χ3v) is 4.97. The lowest BCUT2D eigenvalue weighted by Gasteiger charge is -2.47. The molecule has 1 fully saturated rings. The molecule has 0 radical (unpaired) electrons. The Bertz CT molecular complexity index is 604. The van der Waals surface area contributed by atoms with Gasteiger partial charge in [0.2, 0.25) is 0 Å². The number of hydrogen-bond acceptors (Lipinski definition) is 9. The summed E-state index contributed by atoms with van der Waals surface area (Å²) in [6.07, 6.45) is -2.78. The topological polar surface area (TPSA) is 114 Å². The molecule has 10 heteroatoms. The molecular weight excluding hydrogens is 388 g/mol. The first-order chi connectivity index (χ1) is 12.8. The smallest absolute Gasteiger partial charge is 0.303 e. The number of carbonyl (C=O) groups excluding carboxylic acids is 4. The second-order valence-electron chi connectivity index (χ2n) is 7.58. The Hall–Kier alpha value is -1.94. The second-order valence-corrected chi connectivity index (χ2v) is 9.69. The van der Waals surface area contributed by atoms with Crippen molar-refractivity contribution in [1.82, 2.24) is 0 Å². The van der Waals surface area contributed by atoms with Crippen LogP contribution in [-0.2, 0) is 42.9 Å². The van der Waals surface area contributed by atoms with Gasteiger partial charge in [-0.05, 0) is 6.92 Å². The fourth-order valence-electron chi connectivity index (χ4n) is 3.29. The van der Waals surface area contributed by atoms with E-state index in [0.717, 1.165) is 0 Å². The Morgan fingerprint density at radius 1 is 1.04 bits per heavy atom. The zero-order chi connectivity index (χ0) is 21.6. The van der Waals surface area contributed by atoms with E-state index < -0.39 is 53.5 Å². The third-order valence-electron chi connectivity index (χ3n) is 4.33. The maximum atomic E-state index is 11.7. The molecule has 1 aliphatic rings. The largest absolute Gasteiger partial charge is 0.462 e. The molecule has 0 N–H and O–H groups in total. The molecule has 1 heterocycles. The van der Waals surface area contributed by atoms with E-state index in [2.05, 4.69) is 0 Å². The molecule has 0 bridgehead atoms. The maximum absolute atomic E-state index is 11.7. The van der Waals surface area contributed by atoms with Crippen LogP contribution in [0.5, 0.6) is 0 Å². The first-order valence-electron chi connectivity index (χ1n) is 9.15. The van der Waals surface area contributed by atoms with E-state index in [1.807, 2.05) is 13.8 Å². The van der Waals surface area contributed by atoms with E-state index in [1.54, 1.807) is 0 Å². The van der Waals surface area contributed by atoms with Gasteiger partial charge in [-0.3, -0.25) is 19.2 Å². The molecule has 1 saturated heterocycles. The normalized spacial score (nSPS) is 29.3. The van der Waals surface area contributed by atoms with Crippen molar-refractivity contribution < 1.29 is 42.9 Å². The Labute approximate surface area is 167 Å². The molecule has 0 aromatic heterocycles. The summed E-state index contributed by atoms with van der Waals surface area (Å²) in [5.41, 5.74) is 0. The number of hydrogen-bond donors (Lipinski definition) is 0. The lowest BCUT2D eigenvalue weighted by Crippen LogP contribution is -2.59. The van der Waals surface area contributed by atoms with Crippen LogP contribution in [0.25, 0.3) is 0 Å². The van der Waals surface area contributed by atoms with E-state index >= 15 is 0 Å². The van der Waals surface area contributed by atoms with Crippen LogP contribution >= 0.6 is 0 Å². The highest BCUT2D eigenvalue weighted by Gasteiger charge is 2.49. The molecule has 28 heavy (non-hydrogen) atoms. The quantitative estimate of drug-likeness (QED) is 0.316. The number of ether oxygens (including phenoxy) is 5. The van der Waals surface area contributed by atoms with Gasteiger partial charge in [0.25, 0.3) is 0 Å². The van der Waals surface area contributed by atoms with Crippen molar-refractivity contribution >= 4 is 34.1 Å². The van der Waals surface area contributed by atoms with E-state index in [9.17, 15) is 19.2 Å². The fraction of sp³-hybridized carbons (Fsp3) is 0.778. The molecular formula is C18H30O9Si. The van der Waals surface area contributed by atoms with Crippen molar-refractivity contribution in [2.75, 3.05) is 6.61 Å². The minimum absolute atomic E-state index is 0.296. The van der Waals surface area contributed by atoms with Crippen molar-refractivity contribution in [3.8, 4) is 0 Å². The highest BCUT2D eigenvalue weighted by Crippen LogP contribution is 2.36. The highest BCUT2D eigenvalue weighted by atomic mass is 28.1. The SMILES string of the molecule is CC(=O)OCC(OC(C)=O)C(OC(C)=O)C1OC(C)([SiH3])CC(OC(C)=O)C1C. The van der Waals surface area contributed by atoms with Crippen molar-refractivity contribution in [2.24, 2.45) is 5.92 Å². The number of esters is 4. The number of carbonyl (C=O) groups is 4. The lowest BCUT2D eigenvalue weighted by atomic mass is 9.85. The molecule has 1 aliphatic heterocycles. The predicted molar refractivity (Wildman–Crippen MR) is 100 cm³/mol. The van der Waals surface area contributed by atoms with Crippen LogP contribution in [0.2, 0.25) is 0 Å². The van der Waals surface area contributed by atoms with E-state index in [1.165, 1.54) is 27.7 Å². The standard InChI is InChI=1S/C18H30O9Si/c1-9-14(24-11(3)20)7-18(6,28)27-16(9)17(26-13(5)22)15(25-12(4)21)8-23-10(2)19/h9,14-17H,7-8H2,1-6,28H3. The first kappa shape index (κ1) is 24.1. The molecule has 0 amide bonds. The van der Waals surface area contributed by atoms with Gasteiger partial charge in [-0.1, -0.05) is 6.92 Å². The molecule has 0 aromatic carbocycles. The van der Waals surface area contributed by atoms with Crippen LogP contribution in [0.3, 0.4) is 0 Å². The van der Waals surface area contributed by atoms with Gasteiger partial charge in [0.15, 0.2) is 12.2 Å². The van der Waals surface area contributed by atoms with Crippen LogP contribution in [0.1, 0.15) is 48.0 Å². The molecule has 0 spiro atoms. The Kier molecular flexibility index (Phi) is 8.62. The van der Waals surface area contributed by atoms with Crippen LogP contribution in [-0.4, -0.2) is 70.4 Å². The van der Waals surface area contributed by atoms with Gasteiger partial charge in [0.1, 0.15) is 18.8 Å². The van der Waals surface area contributed by atoms with Gasteiger partial charge in [-0.25, -0.2) is 0 Å². The van der Waals surface area contributed by atoms with E-state index in [4.69, 9.17) is 23.7 Å². The summed E-state index contributed by atoms with van der Waals surface area (Å²) in [6, 6.07) is 0. The molecule has 1 rings (SSSR count). The van der Waals surface area contributed by atoms with Gasteiger partial charge in [0, 0.05) is 55.5 Å². The minimum atomic E-state index is -1.06. The third kappa shape index (κ3) is 7.59. The highest BCUT2D eigenvalue weighted by molar-refractivity contribution is 6.14. The molecule has 9 nitrogen and oxygen atoms in total. The van der Waals surface area contributed by atoms with Crippen LogP contribution < -0.4 is 0 Å². The van der Waals surface area contributed by atoms with Crippen LogP contribution in [0.4, 0.5) is 0 Å². The Morgan fingerprint density at radius 2 is 1.61 bits per heavy atom. The molecule has 0 saturated carbocycles. The molecule has 160 valence electrons. The Balaban J connectivity index is 3.24. The monoisotopic (exact) mass is 418 g/mol. The fourth-order valence-corrected chi connectivity index (χ4v) is 3.96. The van der Waals surface area contributed by atoms with E-state index in [-0.39, 0.29) is 12.5 Å². The molecule has 0 aromatic rings. The van der Waals surface area contributed by atoms with Crippen molar-refractivity contribution in [3.63, 3.8) is 0 Å². The summed E-state index contributed by atoms with van der Waals surface area (Å²) < 4.78 is 27.4. The van der Waals surface area contributed by atoms with Gasteiger partial charge >= 0.3 is 23.9 Å². The first-order valence-corrected chi connectivity index (χ1v) is 10.1. The molecule has 6 atom stereocenters. The predicted octanol–water partition coefficient (Wildman–Crippen LogP) is -0.149. The maximum Gasteiger partial charge on any atom is 0.303 e. The Morgan fingerprint density at radius 3 is 2.07 bits per heavy atom. The summed E-state index contributed by atoms with van der Waals surface area (Å²) in [7, 11) is 0.619. The van der Waals surface area contributed by atoms with Crippen molar-refractivity contribution in [1.29, 1.82) is 0 Å². The summed E-state index contributed by atoms with van der Waals surface area (Å²) in [5.74, 6) is -2.57. The van der Waals surface area contributed by atoms with Gasteiger partial charge in [-0.15, -0.1) is 0 Å². The zero-order valence-corrected chi connectivity index (χ0v) is 19.5. The van der Waals surface area contributed by atoms with Crippen LogP contribution in [0, 0.1) is 5.92 Å². The van der Waals surface area contributed by atoms with E-state index in [0.29, 0.717) is 16.7 Å². The molecule has 6 unspecified atom stereocenters. The molecule has 0 aliphatic carbocycles. The summed E-state index contributed by atoms with van der Waals surface area (Å²) in [5, 5.41) is -0.558. The summed E-state index contributed by atoms with van der Waals surface area (Å²) >= 11 is 0. The lowest BCUT2D eigenvalue weighted by molar-refractivity contribution is -0.224. The summed E-state index contributed by atoms with van der Waals surface area (Å²) in [4.78, 5) is 46.1. The van der Waals surface area contributed by atoms with Crippen molar-refractivity contribution in [2.45, 2.75) is 77.6 Å². The van der Waals surface area contributed by atoms with Gasteiger partial charge in [0.05, 0.1) is 0 Å². The minimum Gasteiger partial charge on any atom is -0.462 e. The van der Waals surface area contributed by atoms with Gasteiger partial charge in [-0.2, -0.15) is 0 Å². The van der Waals surface area contributed by atoms with Crippen molar-refractivity contribution in [3.05, 3.63) is 0 Å². The zero-order valence-electron chi connectivity index (χ0n) is 17.5. The van der Waals surface area contributed by atoms with Crippen LogP contribution in [0.15, 0.2) is 0 Å². The number of rotatable bonds is 7. The average Bonchev–Trinajstić information content (AvgIpc) is 2.51. The summed E-state index contributed by atoms with van der Waals surface area (Å²) in [6.45, 7) is 8.37. The average molecular weight is 419 g/mol. The second kappa shape index (κ2) is 10.0. The van der Waals surface area contributed by atoms with Gasteiger partial charge < -0.3 is 23.7 Å².